The molecule has 0 aromatic carbocycles. The Balaban J connectivity index is 2.76. The van der Waals surface area contributed by atoms with Gasteiger partial charge in [0.2, 0.25) is 0 Å². The number of aromatic nitrogens is 1. The summed E-state index contributed by atoms with van der Waals surface area (Å²) >= 11 is 0. The first-order chi connectivity index (χ1) is 7.45. The summed E-state index contributed by atoms with van der Waals surface area (Å²) in [4.78, 5) is 6.41. The molecule has 1 aromatic rings. The van der Waals surface area contributed by atoms with Gasteiger partial charge in [-0.1, -0.05) is 26.8 Å². The van der Waals surface area contributed by atoms with E-state index in [1.165, 1.54) is 5.56 Å². The third-order valence-corrected chi connectivity index (χ3v) is 2.56. The van der Waals surface area contributed by atoms with Gasteiger partial charge < -0.3 is 4.90 Å². The Kier molecular flexibility index (Phi) is 3.89. The van der Waals surface area contributed by atoms with Gasteiger partial charge in [-0.15, -0.1) is 0 Å². The molecular weight excluding hydrogens is 198 g/mol. The summed E-state index contributed by atoms with van der Waals surface area (Å²) < 4.78 is 0. The van der Waals surface area contributed by atoms with Crippen LogP contribution in [0.15, 0.2) is 18.3 Å². The van der Waals surface area contributed by atoms with Crippen molar-refractivity contribution in [2.75, 3.05) is 18.5 Å². The van der Waals surface area contributed by atoms with Crippen LogP contribution in [0.5, 0.6) is 0 Å². The van der Waals surface area contributed by atoms with Gasteiger partial charge in [-0.05, 0) is 17.0 Å². The van der Waals surface area contributed by atoms with E-state index in [0.29, 0.717) is 6.42 Å². The Morgan fingerprint density at radius 2 is 2.06 bits per heavy atom. The SMILES string of the molecule is CN(CCC#N)c1ccc(C(C)(C)C)cn1. The topological polar surface area (TPSA) is 39.9 Å². The largest absolute Gasteiger partial charge is 0.359 e. The third kappa shape index (κ3) is 3.23. The highest BCUT2D eigenvalue weighted by Crippen LogP contribution is 2.22. The van der Waals surface area contributed by atoms with E-state index in [4.69, 9.17) is 5.26 Å². The predicted octanol–water partition coefficient (Wildman–Crippen LogP) is 2.73. The van der Waals surface area contributed by atoms with E-state index in [2.05, 4.69) is 37.9 Å². The fourth-order valence-electron chi connectivity index (χ4n) is 1.39. The molecule has 1 heterocycles. The van der Waals surface area contributed by atoms with Gasteiger partial charge in [-0.3, -0.25) is 0 Å². The third-order valence-electron chi connectivity index (χ3n) is 2.56. The Morgan fingerprint density at radius 3 is 2.50 bits per heavy atom. The van der Waals surface area contributed by atoms with Crippen molar-refractivity contribution in [1.82, 2.24) is 4.98 Å². The average molecular weight is 217 g/mol. The van der Waals surface area contributed by atoms with Gasteiger partial charge in [-0.25, -0.2) is 4.98 Å². The number of nitrogens with zero attached hydrogens (tertiary/aromatic N) is 3. The summed E-state index contributed by atoms with van der Waals surface area (Å²) in [6.07, 6.45) is 2.44. The molecule has 86 valence electrons. The molecule has 0 radical (unpaired) electrons. The smallest absolute Gasteiger partial charge is 0.128 e. The Morgan fingerprint density at radius 1 is 1.38 bits per heavy atom. The number of pyridine rings is 1. The number of nitriles is 1. The van der Waals surface area contributed by atoms with E-state index in [9.17, 15) is 0 Å². The average Bonchev–Trinajstić information content (AvgIpc) is 2.25. The normalized spacial score (nSPS) is 10.9. The second-order valence-corrected chi connectivity index (χ2v) is 4.98. The van der Waals surface area contributed by atoms with Gasteiger partial charge in [0.15, 0.2) is 0 Å². The van der Waals surface area contributed by atoms with Gasteiger partial charge in [-0.2, -0.15) is 5.26 Å². The minimum Gasteiger partial charge on any atom is -0.359 e. The van der Waals surface area contributed by atoms with E-state index in [0.717, 1.165) is 12.4 Å². The molecule has 0 aliphatic rings. The zero-order valence-corrected chi connectivity index (χ0v) is 10.5. The highest BCUT2D eigenvalue weighted by atomic mass is 15.2. The molecule has 0 atom stereocenters. The van der Waals surface area contributed by atoms with E-state index in [1.54, 1.807) is 0 Å². The number of hydrogen-bond acceptors (Lipinski definition) is 3. The van der Waals surface area contributed by atoms with Gasteiger partial charge in [0.05, 0.1) is 12.5 Å². The second-order valence-electron chi connectivity index (χ2n) is 4.98. The molecule has 3 nitrogen and oxygen atoms in total. The van der Waals surface area contributed by atoms with Crippen molar-refractivity contribution < 1.29 is 0 Å². The quantitative estimate of drug-likeness (QED) is 0.781. The molecule has 0 fully saturated rings. The summed E-state index contributed by atoms with van der Waals surface area (Å²) in [5.41, 5.74) is 1.36. The molecule has 16 heavy (non-hydrogen) atoms. The van der Waals surface area contributed by atoms with Crippen molar-refractivity contribution in [3.63, 3.8) is 0 Å². The lowest BCUT2D eigenvalue weighted by atomic mass is 9.88. The zero-order valence-electron chi connectivity index (χ0n) is 10.5. The zero-order chi connectivity index (χ0) is 12.2. The molecule has 0 N–H and O–H groups in total. The molecule has 0 bridgehead atoms. The number of rotatable bonds is 3. The van der Waals surface area contributed by atoms with E-state index >= 15 is 0 Å². The summed E-state index contributed by atoms with van der Waals surface area (Å²) in [6.45, 7) is 7.23. The van der Waals surface area contributed by atoms with Crippen LogP contribution in [0.1, 0.15) is 32.8 Å². The van der Waals surface area contributed by atoms with Crippen LogP contribution in [0.2, 0.25) is 0 Å². The number of hydrogen-bond donors (Lipinski definition) is 0. The maximum atomic E-state index is 8.52. The van der Waals surface area contributed by atoms with Crippen molar-refractivity contribution in [1.29, 1.82) is 5.26 Å². The first-order valence-electron chi connectivity index (χ1n) is 5.50. The Hall–Kier alpha value is -1.56. The molecule has 0 spiro atoms. The standard InChI is InChI=1S/C13H19N3/c1-13(2,3)11-6-7-12(15-10-11)16(4)9-5-8-14/h6-7,10H,5,9H2,1-4H3. The lowest BCUT2D eigenvalue weighted by Crippen LogP contribution is -2.20. The molecule has 0 saturated carbocycles. The molecule has 0 amide bonds. The first-order valence-corrected chi connectivity index (χ1v) is 5.50. The van der Waals surface area contributed by atoms with Crippen molar-refractivity contribution in [2.24, 2.45) is 0 Å². The van der Waals surface area contributed by atoms with Crippen molar-refractivity contribution in [3.05, 3.63) is 23.9 Å². The maximum Gasteiger partial charge on any atom is 0.128 e. The van der Waals surface area contributed by atoms with Gasteiger partial charge >= 0.3 is 0 Å². The van der Waals surface area contributed by atoms with E-state index in [1.807, 2.05) is 24.2 Å². The van der Waals surface area contributed by atoms with Crippen molar-refractivity contribution in [3.8, 4) is 6.07 Å². The van der Waals surface area contributed by atoms with Crippen molar-refractivity contribution >= 4 is 5.82 Å². The summed E-state index contributed by atoms with van der Waals surface area (Å²) in [5.74, 6) is 0.920. The fourth-order valence-corrected chi connectivity index (χ4v) is 1.39. The summed E-state index contributed by atoms with van der Waals surface area (Å²) in [7, 11) is 1.95. The lowest BCUT2D eigenvalue weighted by molar-refractivity contribution is 0.587. The van der Waals surface area contributed by atoms with Crippen LogP contribution in [-0.4, -0.2) is 18.6 Å². The summed E-state index contributed by atoms with van der Waals surface area (Å²) in [5, 5.41) is 8.52. The predicted molar refractivity (Wildman–Crippen MR) is 66.4 cm³/mol. The Labute approximate surface area is 97.7 Å². The van der Waals surface area contributed by atoms with Crippen LogP contribution in [0, 0.1) is 11.3 Å². The van der Waals surface area contributed by atoms with Crippen LogP contribution < -0.4 is 4.90 Å². The maximum absolute atomic E-state index is 8.52. The minimum absolute atomic E-state index is 0.136. The van der Waals surface area contributed by atoms with Crippen molar-refractivity contribution in [2.45, 2.75) is 32.6 Å². The van der Waals surface area contributed by atoms with Crippen LogP contribution in [-0.2, 0) is 5.41 Å². The molecule has 0 saturated heterocycles. The molecule has 0 aliphatic heterocycles. The molecule has 3 heteroatoms. The van der Waals surface area contributed by atoms with Crippen LogP contribution in [0.25, 0.3) is 0 Å². The number of anilines is 1. The highest BCUT2D eigenvalue weighted by Gasteiger charge is 2.14. The fraction of sp³-hybridized carbons (Fsp3) is 0.538. The summed E-state index contributed by atoms with van der Waals surface area (Å²) in [6, 6.07) is 6.25. The molecule has 0 aliphatic carbocycles. The molecule has 1 rings (SSSR count). The minimum atomic E-state index is 0.136. The van der Waals surface area contributed by atoms with E-state index < -0.39 is 0 Å². The molecular formula is C13H19N3. The van der Waals surface area contributed by atoms with Gasteiger partial charge in [0, 0.05) is 19.8 Å². The highest BCUT2D eigenvalue weighted by molar-refractivity contribution is 5.39. The first kappa shape index (κ1) is 12.5. The lowest BCUT2D eigenvalue weighted by Gasteiger charge is -2.21. The second kappa shape index (κ2) is 4.98. The van der Waals surface area contributed by atoms with Crippen LogP contribution in [0.3, 0.4) is 0 Å². The van der Waals surface area contributed by atoms with Crippen LogP contribution in [0.4, 0.5) is 5.82 Å². The Bertz CT molecular complexity index is 368. The van der Waals surface area contributed by atoms with E-state index in [-0.39, 0.29) is 5.41 Å². The van der Waals surface area contributed by atoms with Gasteiger partial charge in [0.1, 0.15) is 5.82 Å². The molecule has 0 unspecified atom stereocenters. The van der Waals surface area contributed by atoms with Crippen LogP contribution >= 0.6 is 0 Å². The molecule has 1 aromatic heterocycles. The van der Waals surface area contributed by atoms with Gasteiger partial charge in [0.25, 0.3) is 0 Å². The monoisotopic (exact) mass is 217 g/mol.